The molecule has 1 aromatic heterocycles. The van der Waals surface area contributed by atoms with Gasteiger partial charge in [-0.25, -0.2) is 18.6 Å². The number of hydrogen-bond acceptors (Lipinski definition) is 3. The summed E-state index contributed by atoms with van der Waals surface area (Å²) >= 11 is 5.24. The zero-order valence-corrected chi connectivity index (χ0v) is 8.19. The molecule has 15 heavy (non-hydrogen) atoms. The van der Waals surface area contributed by atoms with Crippen LogP contribution in [0.2, 0.25) is 5.02 Å². The number of ether oxygens (including phenoxy) is 1. The molecule has 0 aliphatic carbocycles. The van der Waals surface area contributed by atoms with Crippen LogP contribution in [-0.2, 0) is 4.74 Å². The molecule has 0 radical (unpaired) electrons. The van der Waals surface area contributed by atoms with Crippen LogP contribution in [0.3, 0.4) is 0 Å². The largest absolute Gasteiger partial charge is 0.464 e. The van der Waals surface area contributed by atoms with Gasteiger partial charge in [0.05, 0.1) is 7.11 Å². The third-order valence-corrected chi connectivity index (χ3v) is 1.95. The standard InChI is InChI=1S/C8H5ClF3NO2/c1-15-8(14)4-2-3(6(10)11)5(9)7(12)13-4/h2,6H,1H3. The Morgan fingerprint density at radius 3 is 2.67 bits per heavy atom. The lowest BCUT2D eigenvalue weighted by atomic mass is 10.2. The summed E-state index contributed by atoms with van der Waals surface area (Å²) in [7, 11) is 1.03. The normalized spacial score (nSPS) is 10.5. The van der Waals surface area contributed by atoms with E-state index < -0.39 is 34.6 Å². The predicted octanol–water partition coefficient (Wildman–Crippen LogP) is 2.60. The van der Waals surface area contributed by atoms with Crippen molar-refractivity contribution in [2.75, 3.05) is 7.11 Å². The minimum absolute atomic E-state index is 0.547. The number of esters is 1. The Morgan fingerprint density at radius 2 is 2.20 bits per heavy atom. The zero-order valence-electron chi connectivity index (χ0n) is 7.43. The van der Waals surface area contributed by atoms with E-state index in [-0.39, 0.29) is 0 Å². The van der Waals surface area contributed by atoms with E-state index in [2.05, 4.69) is 9.72 Å². The Hall–Kier alpha value is -1.30. The van der Waals surface area contributed by atoms with Gasteiger partial charge in [0.25, 0.3) is 6.43 Å². The van der Waals surface area contributed by atoms with Crippen LogP contribution in [-0.4, -0.2) is 18.1 Å². The molecule has 0 aliphatic heterocycles. The Bertz CT molecular complexity index is 398. The van der Waals surface area contributed by atoms with E-state index in [0.717, 1.165) is 7.11 Å². The first-order valence-electron chi connectivity index (χ1n) is 3.69. The SMILES string of the molecule is COC(=O)c1cc(C(F)F)c(Cl)c(F)n1. The first kappa shape index (κ1) is 11.8. The van der Waals surface area contributed by atoms with Gasteiger partial charge in [-0.05, 0) is 6.07 Å². The first-order chi connectivity index (χ1) is 6.97. The molecule has 7 heteroatoms. The number of halogens is 4. The molecule has 0 saturated carbocycles. The lowest BCUT2D eigenvalue weighted by Gasteiger charge is -2.05. The summed E-state index contributed by atoms with van der Waals surface area (Å²) in [6.07, 6.45) is -2.99. The summed E-state index contributed by atoms with van der Waals surface area (Å²) in [6, 6.07) is 0.696. The van der Waals surface area contributed by atoms with E-state index >= 15 is 0 Å². The molecule has 1 heterocycles. The van der Waals surface area contributed by atoms with Crippen molar-refractivity contribution in [3.63, 3.8) is 0 Å². The molecule has 0 saturated heterocycles. The van der Waals surface area contributed by atoms with Crippen molar-refractivity contribution in [1.82, 2.24) is 4.98 Å². The maximum Gasteiger partial charge on any atom is 0.356 e. The summed E-state index contributed by atoms with van der Waals surface area (Å²) in [5.41, 5.74) is -1.33. The van der Waals surface area contributed by atoms with Crippen LogP contribution in [0.15, 0.2) is 6.07 Å². The van der Waals surface area contributed by atoms with Crippen molar-refractivity contribution in [3.05, 3.63) is 28.3 Å². The van der Waals surface area contributed by atoms with E-state index in [1.165, 1.54) is 0 Å². The Morgan fingerprint density at radius 1 is 1.60 bits per heavy atom. The number of alkyl halides is 2. The Balaban J connectivity index is 3.29. The second-order valence-electron chi connectivity index (χ2n) is 2.49. The molecule has 0 spiro atoms. The average molecular weight is 240 g/mol. The van der Waals surface area contributed by atoms with E-state index in [9.17, 15) is 18.0 Å². The third kappa shape index (κ3) is 2.38. The number of carbonyl (C=O) groups is 1. The smallest absolute Gasteiger partial charge is 0.356 e. The van der Waals surface area contributed by atoms with E-state index in [4.69, 9.17) is 11.6 Å². The topological polar surface area (TPSA) is 39.2 Å². The van der Waals surface area contributed by atoms with Gasteiger partial charge in [0, 0.05) is 5.56 Å². The Kier molecular flexibility index (Phi) is 3.52. The monoisotopic (exact) mass is 239 g/mol. The number of nitrogens with zero attached hydrogens (tertiary/aromatic N) is 1. The van der Waals surface area contributed by atoms with Crippen molar-refractivity contribution in [2.24, 2.45) is 0 Å². The highest BCUT2D eigenvalue weighted by Crippen LogP contribution is 2.28. The van der Waals surface area contributed by atoms with Crippen LogP contribution in [0, 0.1) is 5.95 Å². The van der Waals surface area contributed by atoms with Gasteiger partial charge >= 0.3 is 5.97 Å². The molecule has 0 fully saturated rings. The van der Waals surface area contributed by atoms with E-state index in [0.29, 0.717) is 6.07 Å². The molecule has 0 bridgehead atoms. The molecule has 0 aliphatic rings. The van der Waals surface area contributed by atoms with Crippen molar-refractivity contribution in [3.8, 4) is 0 Å². The number of pyridine rings is 1. The van der Waals surface area contributed by atoms with Crippen LogP contribution in [0.5, 0.6) is 0 Å². The second kappa shape index (κ2) is 4.48. The first-order valence-corrected chi connectivity index (χ1v) is 4.07. The minimum Gasteiger partial charge on any atom is -0.464 e. The van der Waals surface area contributed by atoms with Crippen LogP contribution in [0.1, 0.15) is 22.5 Å². The summed E-state index contributed by atoms with van der Waals surface area (Å²) in [6.45, 7) is 0. The van der Waals surface area contributed by atoms with Crippen LogP contribution in [0.4, 0.5) is 13.2 Å². The van der Waals surface area contributed by atoms with Gasteiger partial charge in [0.1, 0.15) is 5.02 Å². The molecule has 0 amide bonds. The molecule has 1 rings (SSSR count). The van der Waals surface area contributed by atoms with E-state index in [1.54, 1.807) is 0 Å². The van der Waals surface area contributed by atoms with Gasteiger partial charge in [0.15, 0.2) is 5.69 Å². The van der Waals surface area contributed by atoms with Gasteiger partial charge in [0.2, 0.25) is 5.95 Å². The summed E-state index contributed by atoms with van der Waals surface area (Å²) in [5, 5.41) is -0.794. The molecule has 1 aromatic rings. The quantitative estimate of drug-likeness (QED) is 0.588. The van der Waals surface area contributed by atoms with Crippen LogP contribution < -0.4 is 0 Å². The zero-order chi connectivity index (χ0) is 11.6. The number of methoxy groups -OCH3 is 1. The van der Waals surface area contributed by atoms with Crippen molar-refractivity contribution >= 4 is 17.6 Å². The number of aromatic nitrogens is 1. The second-order valence-corrected chi connectivity index (χ2v) is 2.87. The minimum atomic E-state index is -2.99. The molecule has 0 aromatic carbocycles. The molecule has 0 N–H and O–H groups in total. The highest BCUT2D eigenvalue weighted by molar-refractivity contribution is 6.31. The van der Waals surface area contributed by atoms with Gasteiger partial charge in [-0.15, -0.1) is 0 Å². The lowest BCUT2D eigenvalue weighted by Crippen LogP contribution is -2.07. The lowest BCUT2D eigenvalue weighted by molar-refractivity contribution is 0.0592. The van der Waals surface area contributed by atoms with Crippen LogP contribution in [0.25, 0.3) is 0 Å². The van der Waals surface area contributed by atoms with Gasteiger partial charge < -0.3 is 4.74 Å². The third-order valence-electron chi connectivity index (χ3n) is 1.58. The van der Waals surface area contributed by atoms with Crippen molar-refractivity contribution < 1.29 is 22.7 Å². The fourth-order valence-corrected chi connectivity index (χ4v) is 1.06. The molecular weight excluding hydrogens is 235 g/mol. The highest BCUT2D eigenvalue weighted by atomic mass is 35.5. The van der Waals surface area contributed by atoms with E-state index in [1.807, 2.05) is 0 Å². The highest BCUT2D eigenvalue weighted by Gasteiger charge is 2.21. The maximum absolute atomic E-state index is 12.9. The van der Waals surface area contributed by atoms with Gasteiger partial charge in [-0.2, -0.15) is 4.39 Å². The van der Waals surface area contributed by atoms with Gasteiger partial charge in [-0.1, -0.05) is 11.6 Å². The molecule has 3 nitrogen and oxygen atoms in total. The fraction of sp³-hybridized carbons (Fsp3) is 0.250. The fourth-order valence-electron chi connectivity index (χ4n) is 0.885. The van der Waals surface area contributed by atoms with Crippen LogP contribution >= 0.6 is 11.6 Å². The summed E-state index contributed by atoms with van der Waals surface area (Å²) in [4.78, 5) is 14.0. The Labute approximate surface area is 87.8 Å². The summed E-state index contributed by atoms with van der Waals surface area (Å²) < 4.78 is 41.8. The average Bonchev–Trinajstić information content (AvgIpc) is 2.20. The molecular formula is C8H5ClF3NO2. The van der Waals surface area contributed by atoms with Crippen molar-refractivity contribution in [1.29, 1.82) is 0 Å². The molecule has 0 atom stereocenters. The number of hydrogen-bond donors (Lipinski definition) is 0. The maximum atomic E-state index is 12.9. The molecule has 0 unspecified atom stereocenters. The van der Waals surface area contributed by atoms with Crippen molar-refractivity contribution in [2.45, 2.75) is 6.43 Å². The molecule has 82 valence electrons. The number of carbonyl (C=O) groups excluding carboxylic acids is 1. The number of rotatable bonds is 2. The summed E-state index contributed by atoms with van der Waals surface area (Å²) in [5.74, 6) is -2.33. The van der Waals surface area contributed by atoms with Gasteiger partial charge in [-0.3, -0.25) is 0 Å². The predicted molar refractivity (Wildman–Crippen MR) is 45.5 cm³/mol.